The number of aliphatic hydroxyl groups is 2. The zero-order valence-corrected chi connectivity index (χ0v) is 8.54. The van der Waals surface area contributed by atoms with E-state index < -0.39 is 42.8 Å². The molecule has 0 aromatic carbocycles. The number of carbonyl (C=O) groups is 1. The van der Waals surface area contributed by atoms with E-state index in [1.54, 1.807) is 13.8 Å². The zero-order chi connectivity index (χ0) is 11.2. The lowest BCUT2D eigenvalue weighted by Gasteiger charge is -2.23. The number of ether oxygens (including phenoxy) is 3. The minimum absolute atomic E-state index is 0.481. The topological polar surface area (TPSA) is 85.2 Å². The fourth-order valence-corrected chi connectivity index (χ4v) is 1.88. The first-order valence-corrected chi connectivity index (χ1v) is 4.79. The first-order chi connectivity index (χ1) is 6.94. The van der Waals surface area contributed by atoms with Gasteiger partial charge in [-0.15, -0.1) is 0 Å². The number of carbonyl (C=O) groups excluding carboxylic acids is 1. The average Bonchev–Trinajstić information content (AvgIpc) is 2.61. The summed E-state index contributed by atoms with van der Waals surface area (Å²) in [6.45, 7) is 2.88. The summed E-state index contributed by atoms with van der Waals surface area (Å²) in [4.78, 5) is 11.4. The Bertz CT molecular complexity index is 276. The average molecular weight is 218 g/mol. The molecule has 4 atom stereocenters. The number of aliphatic hydroxyl groups excluding tert-OH is 2. The molecule has 0 amide bonds. The predicted octanol–water partition coefficient (Wildman–Crippen LogP) is -1.21. The maximum Gasteiger partial charge on any atom is 0.338 e. The quantitative estimate of drug-likeness (QED) is 0.565. The van der Waals surface area contributed by atoms with E-state index in [-0.39, 0.29) is 0 Å². The van der Waals surface area contributed by atoms with Crippen molar-refractivity contribution in [2.24, 2.45) is 0 Å². The van der Waals surface area contributed by atoms with Gasteiger partial charge in [0.2, 0.25) is 0 Å². The smallest absolute Gasteiger partial charge is 0.338 e. The minimum atomic E-state index is -1.14. The maximum atomic E-state index is 11.4. The van der Waals surface area contributed by atoms with Crippen molar-refractivity contribution in [3.63, 3.8) is 0 Å². The third kappa shape index (κ3) is 1.74. The van der Waals surface area contributed by atoms with Crippen LogP contribution in [0.4, 0.5) is 0 Å². The maximum absolute atomic E-state index is 11.4. The summed E-state index contributed by atoms with van der Waals surface area (Å²) >= 11 is 0. The molecule has 0 radical (unpaired) electrons. The van der Waals surface area contributed by atoms with Crippen molar-refractivity contribution in [3.8, 4) is 0 Å². The largest absolute Gasteiger partial charge is 0.455 e. The fourth-order valence-electron chi connectivity index (χ4n) is 1.88. The number of esters is 1. The highest BCUT2D eigenvalue weighted by Gasteiger charge is 2.57. The van der Waals surface area contributed by atoms with Crippen LogP contribution in [0.15, 0.2) is 0 Å². The molecule has 86 valence electrons. The van der Waals surface area contributed by atoms with E-state index in [1.807, 2.05) is 0 Å². The molecular formula is C9H14O6. The fraction of sp³-hybridized carbons (Fsp3) is 0.889. The molecule has 0 aliphatic carbocycles. The van der Waals surface area contributed by atoms with Crippen LogP contribution in [0.1, 0.15) is 13.8 Å². The highest BCUT2D eigenvalue weighted by molar-refractivity contribution is 5.78. The summed E-state index contributed by atoms with van der Waals surface area (Å²) in [5.74, 6) is -1.41. The molecular weight excluding hydrogens is 204 g/mol. The Morgan fingerprint density at radius 3 is 2.73 bits per heavy atom. The Kier molecular flexibility index (Phi) is 2.46. The van der Waals surface area contributed by atoms with Gasteiger partial charge in [0.1, 0.15) is 12.2 Å². The Balaban J connectivity index is 2.16. The van der Waals surface area contributed by atoms with Crippen molar-refractivity contribution >= 4 is 5.97 Å². The van der Waals surface area contributed by atoms with E-state index in [4.69, 9.17) is 19.3 Å². The van der Waals surface area contributed by atoms with Crippen molar-refractivity contribution in [1.82, 2.24) is 0 Å². The molecule has 0 aromatic heterocycles. The number of hydrogen-bond acceptors (Lipinski definition) is 6. The summed E-state index contributed by atoms with van der Waals surface area (Å²) < 4.78 is 15.6. The number of hydrogen-bond donors (Lipinski definition) is 2. The molecule has 0 spiro atoms. The molecule has 0 bridgehead atoms. The molecule has 1 unspecified atom stereocenters. The van der Waals surface area contributed by atoms with Crippen LogP contribution in [-0.2, 0) is 19.0 Å². The SMILES string of the molecule is CC1(C)OC2[C@@H](O1)C(=O)O[C@@H]2[C@@H](O)CO. The van der Waals surface area contributed by atoms with Gasteiger partial charge in [-0.1, -0.05) is 0 Å². The minimum Gasteiger partial charge on any atom is -0.455 e. The second-order valence-corrected chi connectivity index (χ2v) is 4.17. The first-order valence-electron chi connectivity index (χ1n) is 4.79. The first kappa shape index (κ1) is 10.8. The molecule has 0 aromatic rings. The van der Waals surface area contributed by atoms with Gasteiger partial charge in [0.25, 0.3) is 0 Å². The van der Waals surface area contributed by atoms with Gasteiger partial charge < -0.3 is 24.4 Å². The Morgan fingerprint density at radius 1 is 1.47 bits per heavy atom. The molecule has 2 heterocycles. The number of cyclic esters (lactones) is 1. The molecule has 15 heavy (non-hydrogen) atoms. The Labute approximate surface area is 86.7 Å². The molecule has 0 saturated carbocycles. The molecule has 2 aliphatic heterocycles. The van der Waals surface area contributed by atoms with Gasteiger partial charge in [-0.25, -0.2) is 4.79 Å². The van der Waals surface area contributed by atoms with E-state index in [0.29, 0.717) is 0 Å². The van der Waals surface area contributed by atoms with Gasteiger partial charge in [0.05, 0.1) is 6.61 Å². The van der Waals surface area contributed by atoms with E-state index in [9.17, 15) is 9.90 Å². The summed E-state index contributed by atoms with van der Waals surface area (Å²) in [6, 6.07) is 0. The van der Waals surface area contributed by atoms with Crippen LogP contribution in [0.2, 0.25) is 0 Å². The monoisotopic (exact) mass is 218 g/mol. The lowest BCUT2D eigenvalue weighted by molar-refractivity contribution is -0.195. The third-order valence-electron chi connectivity index (χ3n) is 2.50. The van der Waals surface area contributed by atoms with Gasteiger partial charge in [-0.3, -0.25) is 0 Å². The predicted molar refractivity (Wildman–Crippen MR) is 46.8 cm³/mol. The number of rotatable bonds is 2. The summed E-state index contributed by atoms with van der Waals surface area (Å²) in [5.41, 5.74) is 0. The van der Waals surface area contributed by atoms with Crippen molar-refractivity contribution in [3.05, 3.63) is 0 Å². The molecule has 2 N–H and O–H groups in total. The summed E-state index contributed by atoms with van der Waals surface area (Å²) in [6.07, 6.45) is -3.43. The van der Waals surface area contributed by atoms with E-state index in [0.717, 1.165) is 0 Å². The summed E-state index contributed by atoms with van der Waals surface area (Å²) in [5, 5.41) is 18.2. The zero-order valence-electron chi connectivity index (χ0n) is 8.54. The van der Waals surface area contributed by atoms with Crippen LogP contribution in [-0.4, -0.2) is 53.0 Å². The standard InChI is InChI=1S/C9H14O6/c1-9(2)14-6-5(4(11)3-10)13-8(12)7(6)15-9/h4-7,10-11H,3H2,1-2H3/t4-,5+,6?,7+/m0/s1. The second-order valence-electron chi connectivity index (χ2n) is 4.17. The molecule has 6 nitrogen and oxygen atoms in total. The normalized spacial score (nSPS) is 40.0. The van der Waals surface area contributed by atoms with Crippen LogP contribution < -0.4 is 0 Å². The summed E-state index contributed by atoms with van der Waals surface area (Å²) in [7, 11) is 0. The van der Waals surface area contributed by atoms with Crippen LogP contribution in [0, 0.1) is 0 Å². The highest BCUT2D eigenvalue weighted by atomic mass is 16.8. The third-order valence-corrected chi connectivity index (χ3v) is 2.50. The van der Waals surface area contributed by atoms with Crippen LogP contribution >= 0.6 is 0 Å². The highest BCUT2D eigenvalue weighted by Crippen LogP contribution is 2.36. The van der Waals surface area contributed by atoms with Gasteiger partial charge in [-0.05, 0) is 13.8 Å². The van der Waals surface area contributed by atoms with Crippen molar-refractivity contribution < 1.29 is 29.2 Å². The van der Waals surface area contributed by atoms with Crippen LogP contribution in [0.5, 0.6) is 0 Å². The lowest BCUT2D eigenvalue weighted by atomic mass is 10.1. The van der Waals surface area contributed by atoms with Crippen LogP contribution in [0.3, 0.4) is 0 Å². The van der Waals surface area contributed by atoms with E-state index in [2.05, 4.69) is 0 Å². The van der Waals surface area contributed by atoms with Crippen molar-refractivity contribution in [2.75, 3.05) is 6.61 Å². The van der Waals surface area contributed by atoms with Gasteiger partial charge in [-0.2, -0.15) is 0 Å². The van der Waals surface area contributed by atoms with Crippen molar-refractivity contribution in [1.29, 1.82) is 0 Å². The van der Waals surface area contributed by atoms with Gasteiger partial charge in [0, 0.05) is 0 Å². The Hall–Kier alpha value is -0.690. The molecule has 6 heteroatoms. The molecule has 2 aliphatic rings. The van der Waals surface area contributed by atoms with E-state index in [1.165, 1.54) is 0 Å². The van der Waals surface area contributed by atoms with E-state index >= 15 is 0 Å². The second kappa shape index (κ2) is 3.41. The molecule has 2 fully saturated rings. The lowest BCUT2D eigenvalue weighted by Crippen LogP contribution is -2.40. The molecule has 2 saturated heterocycles. The Morgan fingerprint density at radius 2 is 2.13 bits per heavy atom. The van der Waals surface area contributed by atoms with Crippen molar-refractivity contribution in [2.45, 2.75) is 44.1 Å². The van der Waals surface area contributed by atoms with Crippen LogP contribution in [0.25, 0.3) is 0 Å². The number of fused-ring (bicyclic) bond motifs is 1. The van der Waals surface area contributed by atoms with Gasteiger partial charge >= 0.3 is 5.97 Å². The van der Waals surface area contributed by atoms with Gasteiger partial charge in [0.15, 0.2) is 18.0 Å². The molecule has 2 rings (SSSR count).